The minimum Gasteiger partial charge on any atom is -0.497 e. The summed E-state index contributed by atoms with van der Waals surface area (Å²) >= 11 is 12.8. The monoisotopic (exact) mass is 343 g/mol. The second kappa shape index (κ2) is 5.50. The molecule has 1 aliphatic heterocycles. The number of piperidine rings is 1. The molecule has 0 radical (unpaired) electrons. The van der Waals surface area contributed by atoms with Gasteiger partial charge in [0.2, 0.25) is 5.91 Å². The summed E-state index contributed by atoms with van der Waals surface area (Å²) in [5.74, 6) is 1.87. The van der Waals surface area contributed by atoms with Crippen LogP contribution in [0, 0.1) is 11.8 Å². The van der Waals surface area contributed by atoms with E-state index >= 15 is 0 Å². The van der Waals surface area contributed by atoms with Crippen molar-refractivity contribution >= 4 is 29.1 Å². The molecule has 1 amide bonds. The van der Waals surface area contributed by atoms with Crippen molar-refractivity contribution in [1.29, 1.82) is 0 Å². The Labute approximate surface area is 140 Å². The highest BCUT2D eigenvalue weighted by atomic mass is 35.5. The molecule has 0 spiro atoms. The number of halogens is 2. The van der Waals surface area contributed by atoms with Crippen molar-refractivity contribution in [3.8, 4) is 11.5 Å². The molecule has 0 aromatic heterocycles. The molecule has 2 aliphatic rings. The molecule has 0 N–H and O–H groups in total. The highest BCUT2D eigenvalue weighted by molar-refractivity contribution is 6.52. The van der Waals surface area contributed by atoms with E-state index in [1.807, 2.05) is 25.1 Å². The number of methoxy groups -OCH3 is 2. The number of fused-ring (bicyclic) bond motifs is 1. The lowest BCUT2D eigenvalue weighted by Gasteiger charge is -2.29. The summed E-state index contributed by atoms with van der Waals surface area (Å²) in [6, 6.07) is 5.46. The predicted octanol–water partition coefficient (Wildman–Crippen LogP) is 3.24. The number of nitrogens with zero attached hydrogens (tertiary/aromatic N) is 1. The second-order valence-electron chi connectivity index (χ2n) is 6.03. The summed E-state index contributed by atoms with van der Waals surface area (Å²) in [5.41, 5.74) is 0.918. The molecule has 3 atom stereocenters. The molecular weight excluding hydrogens is 325 g/mol. The summed E-state index contributed by atoms with van der Waals surface area (Å²) in [6.07, 6.45) is 0.487. The maximum atomic E-state index is 12.4. The van der Waals surface area contributed by atoms with E-state index in [9.17, 15) is 4.79 Å². The first-order valence-corrected chi connectivity index (χ1v) is 8.04. The number of amides is 1. The molecule has 1 aliphatic carbocycles. The van der Waals surface area contributed by atoms with E-state index < -0.39 is 4.33 Å². The number of carbonyl (C=O) groups excluding carboxylic acids is 1. The van der Waals surface area contributed by atoms with Gasteiger partial charge in [0.05, 0.1) is 20.3 Å². The van der Waals surface area contributed by atoms with Crippen molar-refractivity contribution in [2.75, 3.05) is 14.2 Å². The van der Waals surface area contributed by atoms with Crippen molar-refractivity contribution < 1.29 is 14.3 Å². The Morgan fingerprint density at radius 2 is 2.05 bits per heavy atom. The van der Waals surface area contributed by atoms with Crippen LogP contribution < -0.4 is 9.47 Å². The molecule has 0 unspecified atom stereocenters. The van der Waals surface area contributed by atoms with Crippen molar-refractivity contribution in [2.45, 2.75) is 30.3 Å². The number of hydrogen-bond donors (Lipinski definition) is 0. The van der Waals surface area contributed by atoms with Crippen LogP contribution in [-0.4, -0.2) is 35.4 Å². The Hall–Kier alpha value is -1.13. The zero-order valence-electron chi connectivity index (χ0n) is 12.8. The van der Waals surface area contributed by atoms with Gasteiger partial charge in [-0.1, -0.05) is 30.1 Å². The largest absolute Gasteiger partial charge is 0.497 e. The maximum absolute atomic E-state index is 12.4. The summed E-state index contributed by atoms with van der Waals surface area (Å²) in [5, 5.41) is 0. The molecule has 1 saturated carbocycles. The molecule has 1 aromatic rings. The van der Waals surface area contributed by atoms with Crippen LogP contribution in [0.3, 0.4) is 0 Å². The zero-order chi connectivity index (χ0) is 16.1. The number of hydrogen-bond acceptors (Lipinski definition) is 3. The fraction of sp³-hybridized carbons (Fsp3) is 0.562. The van der Waals surface area contributed by atoms with Crippen LogP contribution in [0.2, 0.25) is 0 Å². The second-order valence-corrected chi connectivity index (χ2v) is 7.47. The van der Waals surface area contributed by atoms with Crippen molar-refractivity contribution in [3.05, 3.63) is 23.8 Å². The van der Waals surface area contributed by atoms with E-state index in [2.05, 4.69) is 0 Å². The minimum atomic E-state index is -0.828. The first-order valence-electron chi connectivity index (χ1n) is 7.28. The summed E-state index contributed by atoms with van der Waals surface area (Å²) in [4.78, 5) is 14.2. The molecule has 120 valence electrons. The number of carbonyl (C=O) groups is 1. The van der Waals surface area contributed by atoms with Crippen LogP contribution in [0.5, 0.6) is 11.5 Å². The van der Waals surface area contributed by atoms with Crippen LogP contribution >= 0.6 is 23.2 Å². The van der Waals surface area contributed by atoms with Gasteiger partial charge >= 0.3 is 0 Å². The molecule has 22 heavy (non-hydrogen) atoms. The Morgan fingerprint density at radius 1 is 1.32 bits per heavy atom. The van der Waals surface area contributed by atoms with Crippen molar-refractivity contribution in [1.82, 2.24) is 4.90 Å². The fourth-order valence-electron chi connectivity index (χ4n) is 3.45. The molecule has 3 rings (SSSR count). The van der Waals surface area contributed by atoms with E-state index in [-0.39, 0.29) is 23.8 Å². The maximum Gasteiger partial charge on any atom is 0.223 e. The summed E-state index contributed by atoms with van der Waals surface area (Å²) in [6.45, 7) is 2.48. The number of benzene rings is 1. The van der Waals surface area contributed by atoms with Crippen LogP contribution in [0.4, 0.5) is 0 Å². The Bertz CT molecular complexity index is 605. The number of rotatable bonds is 4. The van der Waals surface area contributed by atoms with Gasteiger partial charge in [-0.15, -0.1) is 0 Å². The van der Waals surface area contributed by atoms with Gasteiger partial charge in [-0.25, -0.2) is 0 Å². The highest BCUT2D eigenvalue weighted by Gasteiger charge is 2.70. The van der Waals surface area contributed by atoms with E-state index in [0.717, 1.165) is 5.56 Å². The average Bonchev–Trinajstić information content (AvgIpc) is 3.06. The van der Waals surface area contributed by atoms with Crippen molar-refractivity contribution in [3.63, 3.8) is 0 Å². The van der Waals surface area contributed by atoms with Gasteiger partial charge in [-0.05, 0) is 18.1 Å². The van der Waals surface area contributed by atoms with E-state index in [0.29, 0.717) is 24.5 Å². The lowest BCUT2D eigenvalue weighted by atomic mass is 9.97. The molecule has 2 fully saturated rings. The topological polar surface area (TPSA) is 38.8 Å². The van der Waals surface area contributed by atoms with Gasteiger partial charge in [-0.3, -0.25) is 4.79 Å². The van der Waals surface area contributed by atoms with Gasteiger partial charge in [0.1, 0.15) is 15.8 Å². The zero-order valence-corrected chi connectivity index (χ0v) is 14.3. The number of alkyl halides is 2. The van der Waals surface area contributed by atoms with Gasteiger partial charge in [0.15, 0.2) is 0 Å². The van der Waals surface area contributed by atoms with Gasteiger partial charge in [-0.2, -0.15) is 0 Å². The first kappa shape index (κ1) is 15.8. The molecule has 1 saturated heterocycles. The Balaban J connectivity index is 1.85. The first-order chi connectivity index (χ1) is 10.4. The Morgan fingerprint density at radius 3 is 2.68 bits per heavy atom. The third-order valence-electron chi connectivity index (χ3n) is 4.67. The predicted molar refractivity (Wildman–Crippen MR) is 85.6 cm³/mol. The quantitative estimate of drug-likeness (QED) is 0.787. The third kappa shape index (κ3) is 2.42. The fourth-order valence-corrected chi connectivity index (χ4v) is 4.50. The van der Waals surface area contributed by atoms with E-state index in [4.69, 9.17) is 32.7 Å². The summed E-state index contributed by atoms with van der Waals surface area (Å²) < 4.78 is 9.77. The van der Waals surface area contributed by atoms with Crippen LogP contribution in [0.1, 0.15) is 18.9 Å². The number of likely N-dealkylation sites (tertiary alicyclic amines) is 1. The SMILES string of the molecule is COc1ccc(CN2C(=O)C[C@H](C)[C@@H]3[C@H]2C3(Cl)Cl)c(OC)c1. The highest BCUT2D eigenvalue weighted by Crippen LogP contribution is 2.62. The molecule has 6 heteroatoms. The molecule has 0 bridgehead atoms. The smallest absolute Gasteiger partial charge is 0.223 e. The van der Waals surface area contributed by atoms with Gasteiger partial charge in [0.25, 0.3) is 0 Å². The van der Waals surface area contributed by atoms with Gasteiger partial charge < -0.3 is 14.4 Å². The van der Waals surface area contributed by atoms with E-state index in [1.165, 1.54) is 0 Å². The van der Waals surface area contributed by atoms with Crippen LogP contribution in [-0.2, 0) is 11.3 Å². The average molecular weight is 344 g/mol. The molecule has 4 nitrogen and oxygen atoms in total. The molecule has 1 aromatic carbocycles. The number of ether oxygens (including phenoxy) is 2. The lowest BCUT2D eigenvalue weighted by Crippen LogP contribution is -2.39. The Kier molecular flexibility index (Phi) is 3.94. The van der Waals surface area contributed by atoms with Crippen LogP contribution in [0.25, 0.3) is 0 Å². The third-order valence-corrected chi connectivity index (χ3v) is 5.62. The summed E-state index contributed by atoms with van der Waals surface area (Å²) in [7, 11) is 3.21. The lowest BCUT2D eigenvalue weighted by molar-refractivity contribution is -0.136. The minimum absolute atomic E-state index is 0.0924. The normalized spacial score (nSPS) is 29.0. The molecular formula is C16H19Cl2NO3. The van der Waals surface area contributed by atoms with Gasteiger partial charge in [0, 0.05) is 30.5 Å². The van der Waals surface area contributed by atoms with E-state index in [1.54, 1.807) is 19.1 Å². The molecule has 1 heterocycles. The van der Waals surface area contributed by atoms with Crippen LogP contribution in [0.15, 0.2) is 18.2 Å². The van der Waals surface area contributed by atoms with Crippen molar-refractivity contribution in [2.24, 2.45) is 11.8 Å². The standard InChI is InChI=1S/C16H19Cl2NO3/c1-9-6-13(20)19(15-14(9)16(15,17)18)8-10-4-5-11(21-2)7-12(10)22-3/h4-5,7,9,14-15H,6,8H2,1-3H3/t9-,14+,15-/m0/s1.